The van der Waals surface area contributed by atoms with E-state index >= 15 is 0 Å². The highest BCUT2D eigenvalue weighted by Crippen LogP contribution is 2.35. The molecule has 1 aliphatic rings. The van der Waals surface area contributed by atoms with Gasteiger partial charge in [0.2, 0.25) is 0 Å². The molecule has 0 saturated carbocycles. The van der Waals surface area contributed by atoms with Gasteiger partial charge in [-0.25, -0.2) is 5.90 Å². The summed E-state index contributed by atoms with van der Waals surface area (Å²) in [6, 6.07) is 10.3. The van der Waals surface area contributed by atoms with Gasteiger partial charge in [-0.05, 0) is 24.3 Å². The highest BCUT2D eigenvalue weighted by atomic mass is 35.5. The molecular weight excluding hydrogens is 395 g/mol. The maximum Gasteiger partial charge on any atom is 0.416 e. The molecule has 10 heteroatoms. The van der Waals surface area contributed by atoms with E-state index in [-0.39, 0.29) is 18.7 Å². The Hall–Kier alpha value is -2.75. The fourth-order valence-corrected chi connectivity index (χ4v) is 3.34. The summed E-state index contributed by atoms with van der Waals surface area (Å²) in [5, 5.41) is 8.46. The number of aromatic nitrogens is 3. The van der Waals surface area contributed by atoms with Gasteiger partial charge >= 0.3 is 6.18 Å². The second-order valence-electron chi connectivity index (χ2n) is 6.05. The molecule has 2 N–H and O–H groups in total. The van der Waals surface area contributed by atoms with Crippen molar-refractivity contribution in [3.63, 3.8) is 0 Å². The number of nitrogens with two attached hydrogens (primary N) is 1. The molecule has 6 nitrogen and oxygen atoms in total. The minimum Gasteiger partial charge on any atom is -0.296 e. The third-order valence-corrected chi connectivity index (χ3v) is 4.67. The third kappa shape index (κ3) is 3.17. The molecule has 0 saturated heterocycles. The van der Waals surface area contributed by atoms with Gasteiger partial charge in [0.15, 0.2) is 11.6 Å². The van der Waals surface area contributed by atoms with Crippen LogP contribution in [0.4, 0.5) is 13.2 Å². The fourth-order valence-electron chi connectivity index (χ4n) is 3.12. The van der Waals surface area contributed by atoms with Gasteiger partial charge in [0.1, 0.15) is 13.2 Å². The van der Waals surface area contributed by atoms with Gasteiger partial charge in [-0.15, -0.1) is 10.2 Å². The molecule has 0 amide bonds. The Balaban J connectivity index is 2.00. The van der Waals surface area contributed by atoms with Crippen LogP contribution in [0.15, 0.2) is 47.5 Å². The fraction of sp³-hybridized carbons (Fsp3) is 0.167. The van der Waals surface area contributed by atoms with Crippen LogP contribution in [0.25, 0.3) is 5.69 Å². The van der Waals surface area contributed by atoms with Crippen LogP contribution < -0.4 is 5.90 Å². The summed E-state index contributed by atoms with van der Waals surface area (Å²) in [4.78, 5) is 9.16. The standard InChI is InChI=1S/C18H13ClF3N5O/c19-13-4-2-1-3-11(13)17-12-7-10(18(20,21)22)5-6-14(12)27-15(8-24-17)25-26-16(27)9-28-23/h1-7H,8-9,23H2. The van der Waals surface area contributed by atoms with Gasteiger partial charge in [0.05, 0.1) is 17.0 Å². The average molecular weight is 408 g/mol. The molecule has 4 rings (SSSR count). The number of rotatable bonds is 3. The molecule has 28 heavy (non-hydrogen) atoms. The molecule has 0 atom stereocenters. The zero-order chi connectivity index (χ0) is 19.9. The van der Waals surface area contributed by atoms with Crippen molar-refractivity contribution in [2.24, 2.45) is 10.9 Å². The Morgan fingerprint density at radius 1 is 1.11 bits per heavy atom. The molecule has 0 unspecified atom stereocenters. The number of hydrogen-bond donors (Lipinski definition) is 1. The van der Waals surface area contributed by atoms with Gasteiger partial charge < -0.3 is 0 Å². The van der Waals surface area contributed by atoms with Crippen molar-refractivity contribution in [2.45, 2.75) is 19.3 Å². The minimum atomic E-state index is -4.51. The predicted molar refractivity (Wildman–Crippen MR) is 96.1 cm³/mol. The first-order chi connectivity index (χ1) is 13.4. The second-order valence-corrected chi connectivity index (χ2v) is 6.46. The van der Waals surface area contributed by atoms with Crippen molar-refractivity contribution in [3.8, 4) is 5.69 Å². The summed E-state index contributed by atoms with van der Waals surface area (Å²) in [6.07, 6.45) is -4.51. The van der Waals surface area contributed by atoms with Gasteiger partial charge in [-0.3, -0.25) is 14.4 Å². The monoisotopic (exact) mass is 407 g/mol. The maximum atomic E-state index is 13.4. The van der Waals surface area contributed by atoms with E-state index in [9.17, 15) is 13.2 Å². The smallest absolute Gasteiger partial charge is 0.296 e. The summed E-state index contributed by atoms with van der Waals surface area (Å²) < 4.78 is 41.7. The molecule has 144 valence electrons. The van der Waals surface area contributed by atoms with E-state index in [2.05, 4.69) is 20.0 Å². The topological polar surface area (TPSA) is 78.3 Å². The first-order valence-corrected chi connectivity index (χ1v) is 8.54. The molecule has 0 aliphatic carbocycles. The summed E-state index contributed by atoms with van der Waals surface area (Å²) in [6.45, 7) is 0.0447. The van der Waals surface area contributed by atoms with E-state index < -0.39 is 11.7 Å². The molecule has 1 aromatic heterocycles. The number of alkyl halides is 3. The van der Waals surface area contributed by atoms with E-state index in [1.165, 1.54) is 6.07 Å². The quantitative estimate of drug-likeness (QED) is 0.672. The third-order valence-electron chi connectivity index (χ3n) is 4.34. The van der Waals surface area contributed by atoms with Gasteiger partial charge in [-0.1, -0.05) is 29.8 Å². The molecule has 0 radical (unpaired) electrons. The number of fused-ring (bicyclic) bond motifs is 3. The Morgan fingerprint density at radius 3 is 2.61 bits per heavy atom. The molecule has 1 aliphatic heterocycles. The van der Waals surface area contributed by atoms with Crippen LogP contribution in [-0.4, -0.2) is 20.5 Å². The zero-order valence-electron chi connectivity index (χ0n) is 14.2. The van der Waals surface area contributed by atoms with Crippen molar-refractivity contribution in [2.75, 3.05) is 0 Å². The maximum absolute atomic E-state index is 13.4. The van der Waals surface area contributed by atoms with Crippen LogP contribution in [0.3, 0.4) is 0 Å². The number of nitrogens with zero attached hydrogens (tertiary/aromatic N) is 4. The van der Waals surface area contributed by atoms with Gasteiger partial charge in [-0.2, -0.15) is 13.2 Å². The van der Waals surface area contributed by atoms with Crippen molar-refractivity contribution >= 4 is 17.3 Å². The van der Waals surface area contributed by atoms with E-state index in [0.29, 0.717) is 33.6 Å². The molecule has 0 spiro atoms. The van der Waals surface area contributed by atoms with Crippen LogP contribution in [0, 0.1) is 0 Å². The Bertz CT molecular complexity index is 1080. The second kappa shape index (κ2) is 7.01. The molecule has 2 heterocycles. The van der Waals surface area contributed by atoms with E-state index in [4.69, 9.17) is 17.5 Å². The number of benzene rings is 2. The zero-order valence-corrected chi connectivity index (χ0v) is 15.0. The lowest BCUT2D eigenvalue weighted by molar-refractivity contribution is -0.137. The van der Waals surface area contributed by atoms with Crippen LogP contribution in [0.1, 0.15) is 28.3 Å². The van der Waals surface area contributed by atoms with Crippen LogP contribution in [-0.2, 0) is 24.2 Å². The van der Waals surface area contributed by atoms with Crippen molar-refractivity contribution in [1.82, 2.24) is 14.8 Å². The summed E-state index contributed by atoms with van der Waals surface area (Å²) in [7, 11) is 0. The van der Waals surface area contributed by atoms with Crippen molar-refractivity contribution in [1.29, 1.82) is 0 Å². The Labute approximate surface area is 162 Å². The number of halogens is 4. The lowest BCUT2D eigenvalue weighted by Gasteiger charge is -2.16. The van der Waals surface area contributed by atoms with Gasteiger partial charge in [0.25, 0.3) is 0 Å². The van der Waals surface area contributed by atoms with E-state index in [0.717, 1.165) is 12.1 Å². The molecule has 0 bridgehead atoms. The SMILES string of the molecule is NOCc1nnc2n1-c1ccc(C(F)(F)F)cc1C(c1ccccc1Cl)=NC2. The molecule has 3 aromatic rings. The largest absolute Gasteiger partial charge is 0.416 e. The number of aliphatic imine (C=N–C) groups is 1. The van der Waals surface area contributed by atoms with Crippen LogP contribution in [0.2, 0.25) is 5.02 Å². The normalized spacial score (nSPS) is 13.5. The highest BCUT2D eigenvalue weighted by molar-refractivity contribution is 6.35. The summed E-state index contributed by atoms with van der Waals surface area (Å²) >= 11 is 6.30. The first kappa shape index (κ1) is 18.6. The summed E-state index contributed by atoms with van der Waals surface area (Å²) in [5.74, 6) is 5.96. The van der Waals surface area contributed by atoms with Crippen molar-refractivity contribution in [3.05, 3.63) is 75.8 Å². The molecular formula is C18H13ClF3N5O. The lowest BCUT2D eigenvalue weighted by Crippen LogP contribution is -2.14. The first-order valence-electron chi connectivity index (χ1n) is 8.16. The van der Waals surface area contributed by atoms with Gasteiger partial charge in [0, 0.05) is 16.1 Å². The number of hydrogen-bond acceptors (Lipinski definition) is 5. The predicted octanol–water partition coefficient (Wildman–Crippen LogP) is 3.68. The minimum absolute atomic E-state index is 0.0606. The Morgan fingerprint density at radius 2 is 1.89 bits per heavy atom. The summed E-state index contributed by atoms with van der Waals surface area (Å²) in [5.41, 5.74) is 0.784. The van der Waals surface area contributed by atoms with Crippen molar-refractivity contribution < 1.29 is 18.0 Å². The van der Waals surface area contributed by atoms with E-state index in [1.54, 1.807) is 28.8 Å². The Kier molecular flexibility index (Phi) is 4.66. The molecule has 0 fully saturated rings. The lowest BCUT2D eigenvalue weighted by atomic mass is 9.98. The van der Waals surface area contributed by atoms with Crippen LogP contribution in [0.5, 0.6) is 0 Å². The molecule has 2 aromatic carbocycles. The highest BCUT2D eigenvalue weighted by Gasteiger charge is 2.33. The average Bonchev–Trinajstić information content (AvgIpc) is 2.97. The van der Waals surface area contributed by atoms with E-state index in [1.807, 2.05) is 0 Å². The van der Waals surface area contributed by atoms with Crippen LogP contribution >= 0.6 is 11.6 Å².